The number of carbonyl (C=O) groups is 1. The Bertz CT molecular complexity index is 734. The van der Waals surface area contributed by atoms with Gasteiger partial charge < -0.3 is 20.3 Å². The van der Waals surface area contributed by atoms with Crippen LogP contribution in [0.15, 0.2) is 42.7 Å². The van der Waals surface area contributed by atoms with E-state index in [1.54, 1.807) is 19.5 Å². The normalized spacial score (nSPS) is 14.5. The second-order valence-corrected chi connectivity index (χ2v) is 6.65. The molecular formula is C20H28N6O2. The zero-order chi connectivity index (χ0) is 19.6. The zero-order valence-electron chi connectivity index (χ0n) is 16.3. The Morgan fingerprint density at radius 2 is 1.82 bits per heavy atom. The smallest absolute Gasteiger partial charge is 0.315 e. The van der Waals surface area contributed by atoms with E-state index in [9.17, 15) is 4.79 Å². The summed E-state index contributed by atoms with van der Waals surface area (Å²) in [5.41, 5.74) is 0.959. The van der Waals surface area contributed by atoms with Gasteiger partial charge in [0.05, 0.1) is 7.11 Å². The Kier molecular flexibility index (Phi) is 7.43. The summed E-state index contributed by atoms with van der Waals surface area (Å²) in [6, 6.07) is 9.35. The molecule has 2 N–H and O–H groups in total. The summed E-state index contributed by atoms with van der Waals surface area (Å²) in [6.07, 6.45) is 4.47. The van der Waals surface area contributed by atoms with Crippen molar-refractivity contribution in [3.63, 3.8) is 0 Å². The van der Waals surface area contributed by atoms with Crippen molar-refractivity contribution >= 4 is 12.0 Å². The van der Waals surface area contributed by atoms with E-state index in [0.717, 1.165) is 56.4 Å². The predicted molar refractivity (Wildman–Crippen MR) is 109 cm³/mol. The SMILES string of the molecule is COc1ccccc1CNC(=O)NCCCN1CCN(c2ncccn2)CC1. The number of hydrogen-bond donors (Lipinski definition) is 2. The molecule has 8 nitrogen and oxygen atoms in total. The van der Waals surface area contributed by atoms with Crippen LogP contribution >= 0.6 is 0 Å². The molecule has 1 saturated heterocycles. The second kappa shape index (κ2) is 10.5. The van der Waals surface area contributed by atoms with E-state index in [1.165, 1.54) is 0 Å². The molecule has 0 spiro atoms. The number of methoxy groups -OCH3 is 1. The molecule has 0 unspecified atom stereocenters. The molecule has 8 heteroatoms. The van der Waals surface area contributed by atoms with Crippen LogP contribution in [-0.4, -0.2) is 67.3 Å². The van der Waals surface area contributed by atoms with Gasteiger partial charge in [-0.2, -0.15) is 0 Å². The number of amides is 2. The number of piperazine rings is 1. The molecule has 1 fully saturated rings. The van der Waals surface area contributed by atoms with Crippen LogP contribution in [0.4, 0.5) is 10.7 Å². The van der Waals surface area contributed by atoms with Crippen molar-refractivity contribution in [3.8, 4) is 5.75 Å². The molecule has 0 atom stereocenters. The van der Waals surface area contributed by atoms with Crippen LogP contribution in [0, 0.1) is 0 Å². The summed E-state index contributed by atoms with van der Waals surface area (Å²) < 4.78 is 5.29. The van der Waals surface area contributed by atoms with Gasteiger partial charge in [0.2, 0.25) is 5.95 Å². The first kappa shape index (κ1) is 19.9. The maximum Gasteiger partial charge on any atom is 0.315 e. The Morgan fingerprint density at radius 1 is 1.07 bits per heavy atom. The summed E-state index contributed by atoms with van der Waals surface area (Å²) in [5.74, 6) is 1.58. The van der Waals surface area contributed by atoms with Gasteiger partial charge in [-0.05, 0) is 25.1 Å². The van der Waals surface area contributed by atoms with Crippen LogP contribution in [0.1, 0.15) is 12.0 Å². The van der Waals surface area contributed by atoms with Crippen molar-refractivity contribution in [1.82, 2.24) is 25.5 Å². The van der Waals surface area contributed by atoms with Crippen molar-refractivity contribution in [2.75, 3.05) is 51.3 Å². The summed E-state index contributed by atoms with van der Waals surface area (Å²) in [5, 5.41) is 5.79. The minimum absolute atomic E-state index is 0.156. The molecule has 1 aromatic heterocycles. The number of nitrogens with one attached hydrogen (secondary N) is 2. The summed E-state index contributed by atoms with van der Waals surface area (Å²) in [7, 11) is 1.63. The Balaban J connectivity index is 1.28. The number of hydrogen-bond acceptors (Lipinski definition) is 6. The van der Waals surface area contributed by atoms with Crippen LogP contribution in [0.25, 0.3) is 0 Å². The average Bonchev–Trinajstić information content (AvgIpc) is 2.76. The lowest BCUT2D eigenvalue weighted by atomic mass is 10.2. The number of para-hydroxylation sites is 1. The highest BCUT2D eigenvalue weighted by atomic mass is 16.5. The molecule has 1 aromatic carbocycles. The first-order valence-electron chi connectivity index (χ1n) is 9.64. The minimum atomic E-state index is -0.156. The van der Waals surface area contributed by atoms with Crippen LogP contribution < -0.4 is 20.3 Å². The number of carbonyl (C=O) groups excluding carboxylic acids is 1. The summed E-state index contributed by atoms with van der Waals surface area (Å²) in [6.45, 7) is 5.89. The number of urea groups is 1. The largest absolute Gasteiger partial charge is 0.496 e. The molecule has 1 aliphatic heterocycles. The molecule has 2 aromatic rings. The highest BCUT2D eigenvalue weighted by Gasteiger charge is 2.18. The van der Waals surface area contributed by atoms with Gasteiger partial charge in [0.1, 0.15) is 5.75 Å². The van der Waals surface area contributed by atoms with Gasteiger partial charge in [-0.25, -0.2) is 14.8 Å². The number of anilines is 1. The van der Waals surface area contributed by atoms with E-state index in [4.69, 9.17) is 4.74 Å². The topological polar surface area (TPSA) is 82.6 Å². The quantitative estimate of drug-likeness (QED) is 0.671. The number of rotatable bonds is 8. The third-order valence-corrected chi connectivity index (χ3v) is 4.78. The molecule has 3 rings (SSSR count). The Morgan fingerprint density at radius 3 is 2.57 bits per heavy atom. The van der Waals surface area contributed by atoms with E-state index < -0.39 is 0 Å². The van der Waals surface area contributed by atoms with Crippen molar-refractivity contribution in [2.24, 2.45) is 0 Å². The first-order chi connectivity index (χ1) is 13.8. The second-order valence-electron chi connectivity index (χ2n) is 6.65. The maximum absolute atomic E-state index is 12.0. The third-order valence-electron chi connectivity index (χ3n) is 4.78. The van der Waals surface area contributed by atoms with E-state index >= 15 is 0 Å². The highest BCUT2D eigenvalue weighted by Crippen LogP contribution is 2.16. The van der Waals surface area contributed by atoms with Gasteiger partial charge >= 0.3 is 6.03 Å². The minimum Gasteiger partial charge on any atom is -0.496 e. The van der Waals surface area contributed by atoms with Crippen molar-refractivity contribution < 1.29 is 9.53 Å². The zero-order valence-corrected chi connectivity index (χ0v) is 16.3. The van der Waals surface area contributed by atoms with Crippen LogP contribution in [-0.2, 0) is 6.54 Å². The van der Waals surface area contributed by atoms with E-state index in [2.05, 4.69) is 30.4 Å². The number of benzene rings is 1. The summed E-state index contributed by atoms with van der Waals surface area (Å²) >= 11 is 0. The standard InChI is InChI=1S/C20H28N6O2/c1-28-18-7-3-2-6-17(18)16-24-20(27)23-10-5-11-25-12-14-26(15-13-25)19-21-8-4-9-22-19/h2-4,6-9H,5,10-16H2,1H3,(H2,23,24,27). The molecule has 0 bridgehead atoms. The number of ether oxygens (including phenoxy) is 1. The molecule has 0 radical (unpaired) electrons. The monoisotopic (exact) mass is 384 g/mol. The lowest BCUT2D eigenvalue weighted by Gasteiger charge is -2.34. The van der Waals surface area contributed by atoms with Gasteiger partial charge in [0.25, 0.3) is 0 Å². The fourth-order valence-corrected chi connectivity index (χ4v) is 3.22. The predicted octanol–water partition coefficient (Wildman–Crippen LogP) is 1.50. The van der Waals surface area contributed by atoms with Crippen LogP contribution in [0.2, 0.25) is 0 Å². The van der Waals surface area contributed by atoms with Gasteiger partial charge in [0.15, 0.2) is 0 Å². The number of aromatic nitrogens is 2. The fourth-order valence-electron chi connectivity index (χ4n) is 3.22. The molecule has 1 aliphatic rings. The molecule has 2 amide bonds. The first-order valence-corrected chi connectivity index (χ1v) is 9.64. The Hall–Kier alpha value is -2.87. The van der Waals surface area contributed by atoms with Gasteiger partial charge in [0, 0.05) is 57.2 Å². The third kappa shape index (κ3) is 5.82. The summed E-state index contributed by atoms with van der Waals surface area (Å²) in [4.78, 5) is 25.2. The molecule has 150 valence electrons. The Labute approximate surface area is 165 Å². The van der Waals surface area contributed by atoms with Crippen molar-refractivity contribution in [3.05, 3.63) is 48.3 Å². The van der Waals surface area contributed by atoms with E-state index in [1.807, 2.05) is 30.3 Å². The van der Waals surface area contributed by atoms with Crippen molar-refractivity contribution in [2.45, 2.75) is 13.0 Å². The lowest BCUT2D eigenvalue weighted by Crippen LogP contribution is -2.47. The van der Waals surface area contributed by atoms with Crippen LogP contribution in [0.5, 0.6) is 5.75 Å². The maximum atomic E-state index is 12.0. The molecule has 2 heterocycles. The van der Waals surface area contributed by atoms with Crippen molar-refractivity contribution in [1.29, 1.82) is 0 Å². The molecule has 28 heavy (non-hydrogen) atoms. The van der Waals surface area contributed by atoms with E-state index in [0.29, 0.717) is 13.1 Å². The van der Waals surface area contributed by atoms with E-state index in [-0.39, 0.29) is 6.03 Å². The molecule has 0 aliphatic carbocycles. The number of nitrogens with zero attached hydrogens (tertiary/aromatic N) is 4. The highest BCUT2D eigenvalue weighted by molar-refractivity contribution is 5.73. The van der Waals surface area contributed by atoms with Gasteiger partial charge in [-0.1, -0.05) is 18.2 Å². The van der Waals surface area contributed by atoms with Gasteiger partial charge in [-0.3, -0.25) is 4.90 Å². The molecule has 0 saturated carbocycles. The average molecular weight is 384 g/mol. The van der Waals surface area contributed by atoms with Crippen LogP contribution in [0.3, 0.4) is 0 Å². The lowest BCUT2D eigenvalue weighted by molar-refractivity contribution is 0.235. The van der Waals surface area contributed by atoms with Gasteiger partial charge in [-0.15, -0.1) is 0 Å². The fraction of sp³-hybridized carbons (Fsp3) is 0.450. The molecular weight excluding hydrogens is 356 g/mol.